The third kappa shape index (κ3) is 5.29. The number of hydrogen-bond acceptors (Lipinski definition) is 5. The second-order valence-electron chi connectivity index (χ2n) is 9.13. The molecular formula is C29H24FN5O4. The third-order valence-electron chi connectivity index (χ3n) is 6.61. The van der Waals surface area contributed by atoms with Crippen molar-refractivity contribution in [2.75, 3.05) is 7.11 Å². The van der Waals surface area contributed by atoms with E-state index in [4.69, 9.17) is 10.00 Å². The van der Waals surface area contributed by atoms with Gasteiger partial charge in [0.25, 0.3) is 11.5 Å². The summed E-state index contributed by atoms with van der Waals surface area (Å²) in [6, 6.07) is 13.9. The summed E-state index contributed by atoms with van der Waals surface area (Å²) >= 11 is 0. The van der Waals surface area contributed by atoms with Gasteiger partial charge in [0.15, 0.2) is 0 Å². The first kappa shape index (κ1) is 25.5. The number of urea groups is 1. The smallest absolute Gasteiger partial charge is 0.329 e. The van der Waals surface area contributed by atoms with Gasteiger partial charge in [0.2, 0.25) is 0 Å². The highest BCUT2D eigenvalue weighted by atomic mass is 19.1. The standard InChI is InChI=1S/C29H24FN5O4/c1-39-23-12-10-22(11-13-23)35-27(36)24(25(33-35)14-18-6-8-21(30)9-7-18)15-26-28(37)34(29(38)32-26)17-20-4-2-19(16-31)3-5-20/h2-10,12,15,33H,11,13-14,17H2,1H3,(H,32,38)/b26-15-. The first-order valence-corrected chi connectivity index (χ1v) is 12.2. The number of nitriles is 1. The Morgan fingerprint density at radius 3 is 2.38 bits per heavy atom. The van der Waals surface area contributed by atoms with Crippen LogP contribution in [0.25, 0.3) is 11.8 Å². The summed E-state index contributed by atoms with van der Waals surface area (Å²) < 4.78 is 20.2. The van der Waals surface area contributed by atoms with Gasteiger partial charge in [-0.15, -0.1) is 0 Å². The van der Waals surface area contributed by atoms with Crippen molar-refractivity contribution in [2.24, 2.45) is 0 Å². The Morgan fingerprint density at radius 1 is 1.03 bits per heavy atom. The number of amides is 3. The second kappa shape index (κ2) is 10.7. The molecule has 0 spiro atoms. The van der Waals surface area contributed by atoms with Gasteiger partial charge in [-0.2, -0.15) is 5.26 Å². The molecule has 0 saturated carbocycles. The molecule has 2 aromatic carbocycles. The quantitative estimate of drug-likeness (QED) is 0.356. The molecule has 1 aromatic heterocycles. The zero-order valence-corrected chi connectivity index (χ0v) is 21.0. The molecule has 1 saturated heterocycles. The van der Waals surface area contributed by atoms with Crippen molar-refractivity contribution < 1.29 is 18.7 Å². The molecule has 2 N–H and O–H groups in total. The fourth-order valence-corrected chi connectivity index (χ4v) is 4.48. The van der Waals surface area contributed by atoms with E-state index in [0.29, 0.717) is 29.7 Å². The number of ether oxygens (including phenoxy) is 1. The molecule has 9 nitrogen and oxygen atoms in total. The highest BCUT2D eigenvalue weighted by molar-refractivity contribution is 6.13. The molecule has 1 aliphatic heterocycles. The maximum atomic E-state index is 13.6. The number of halogens is 1. The first-order valence-electron chi connectivity index (χ1n) is 12.2. The fraction of sp³-hybridized carbons (Fsp3) is 0.172. The van der Waals surface area contributed by atoms with Crippen LogP contribution < -0.4 is 10.9 Å². The molecule has 0 unspecified atom stereocenters. The van der Waals surface area contributed by atoms with Gasteiger partial charge in [-0.3, -0.25) is 19.6 Å². The Labute approximate surface area is 223 Å². The Balaban J connectivity index is 1.49. The summed E-state index contributed by atoms with van der Waals surface area (Å²) in [6.07, 6.45) is 6.42. The van der Waals surface area contributed by atoms with Gasteiger partial charge >= 0.3 is 6.03 Å². The zero-order chi connectivity index (χ0) is 27.5. The SMILES string of the molecule is COC1=CC=C(n2[nH]c(Cc3ccc(F)cc3)c(/C=C3\NC(=O)N(Cc4ccc(C#N)cc4)C3=O)c2=O)CC1. The van der Waals surface area contributed by atoms with E-state index < -0.39 is 11.9 Å². The number of benzene rings is 2. The topological polar surface area (TPSA) is 120 Å². The van der Waals surface area contributed by atoms with Crippen molar-refractivity contribution in [3.8, 4) is 6.07 Å². The van der Waals surface area contributed by atoms with Gasteiger partial charge in [-0.25, -0.2) is 13.9 Å². The molecule has 1 fully saturated rings. The Bertz CT molecular complexity index is 1640. The number of carbonyl (C=O) groups is 2. The van der Waals surface area contributed by atoms with Crippen LogP contribution in [0.4, 0.5) is 9.18 Å². The summed E-state index contributed by atoms with van der Waals surface area (Å²) in [7, 11) is 1.59. The predicted molar refractivity (Wildman–Crippen MR) is 141 cm³/mol. The lowest BCUT2D eigenvalue weighted by atomic mass is 10.1. The largest absolute Gasteiger partial charge is 0.501 e. The summed E-state index contributed by atoms with van der Waals surface area (Å²) in [4.78, 5) is 40.4. The van der Waals surface area contributed by atoms with Gasteiger partial charge in [0.1, 0.15) is 11.5 Å². The molecule has 0 atom stereocenters. The highest BCUT2D eigenvalue weighted by Crippen LogP contribution is 2.24. The maximum Gasteiger partial charge on any atom is 0.329 e. The second-order valence-corrected chi connectivity index (χ2v) is 9.13. The molecule has 2 heterocycles. The van der Waals surface area contributed by atoms with Gasteiger partial charge in [-0.05, 0) is 60.0 Å². The number of hydrogen-bond donors (Lipinski definition) is 2. The molecule has 196 valence electrons. The minimum atomic E-state index is -0.612. The summed E-state index contributed by atoms with van der Waals surface area (Å²) in [5.41, 5.74) is 2.93. The lowest BCUT2D eigenvalue weighted by molar-refractivity contribution is -0.123. The molecule has 1 aliphatic carbocycles. The molecule has 10 heteroatoms. The number of rotatable bonds is 7. The van der Waals surface area contributed by atoms with Crippen LogP contribution >= 0.6 is 0 Å². The molecule has 5 rings (SSSR count). The average molecular weight is 526 g/mol. The number of nitrogens with zero attached hydrogens (tertiary/aromatic N) is 3. The lowest BCUT2D eigenvalue weighted by Gasteiger charge is -2.13. The Kier molecular flexibility index (Phi) is 6.97. The van der Waals surface area contributed by atoms with E-state index in [1.54, 1.807) is 55.7 Å². The number of aromatic nitrogens is 2. The van der Waals surface area contributed by atoms with Crippen molar-refractivity contribution in [3.63, 3.8) is 0 Å². The average Bonchev–Trinajstić information content (AvgIpc) is 3.40. The molecule has 0 bridgehead atoms. The normalized spacial score (nSPS) is 16.1. The van der Waals surface area contributed by atoms with Crippen molar-refractivity contribution in [1.29, 1.82) is 5.26 Å². The maximum absolute atomic E-state index is 13.6. The Morgan fingerprint density at radius 2 is 1.74 bits per heavy atom. The van der Waals surface area contributed by atoms with E-state index >= 15 is 0 Å². The Hall–Kier alpha value is -5.17. The minimum Gasteiger partial charge on any atom is -0.501 e. The van der Waals surface area contributed by atoms with Gasteiger partial charge in [0, 0.05) is 24.2 Å². The van der Waals surface area contributed by atoms with Crippen LogP contribution in [-0.4, -0.2) is 33.7 Å². The van der Waals surface area contributed by atoms with E-state index in [1.807, 2.05) is 6.07 Å². The number of H-pyrrole nitrogens is 1. The molecule has 0 radical (unpaired) electrons. The summed E-state index contributed by atoms with van der Waals surface area (Å²) in [5, 5.41) is 14.7. The lowest BCUT2D eigenvalue weighted by Crippen LogP contribution is -2.30. The molecule has 3 aromatic rings. The van der Waals surface area contributed by atoms with Crippen molar-refractivity contribution in [3.05, 3.63) is 116 Å². The summed E-state index contributed by atoms with van der Waals surface area (Å²) in [5.74, 6) is -0.149. The number of aromatic amines is 1. The van der Waals surface area contributed by atoms with Gasteiger partial charge < -0.3 is 10.1 Å². The van der Waals surface area contributed by atoms with E-state index in [-0.39, 0.29) is 35.6 Å². The number of nitrogens with one attached hydrogen (secondary N) is 2. The zero-order valence-electron chi connectivity index (χ0n) is 21.0. The van der Waals surface area contributed by atoms with Crippen molar-refractivity contribution in [2.45, 2.75) is 25.8 Å². The number of methoxy groups -OCH3 is 1. The summed E-state index contributed by atoms with van der Waals surface area (Å²) in [6.45, 7) is 0.00851. The third-order valence-corrected chi connectivity index (χ3v) is 6.61. The molecule has 3 amide bonds. The van der Waals surface area contributed by atoms with Crippen LogP contribution in [0.15, 0.2) is 76.9 Å². The molecule has 39 heavy (non-hydrogen) atoms. The van der Waals surface area contributed by atoms with Crippen LogP contribution in [0.2, 0.25) is 0 Å². The molecule has 2 aliphatic rings. The van der Waals surface area contributed by atoms with Crippen LogP contribution in [0.3, 0.4) is 0 Å². The van der Waals surface area contributed by atoms with Crippen LogP contribution in [0.1, 0.15) is 40.8 Å². The van der Waals surface area contributed by atoms with Gasteiger partial charge in [-0.1, -0.05) is 24.3 Å². The van der Waals surface area contributed by atoms with Crippen LogP contribution in [-0.2, 0) is 22.5 Å². The monoisotopic (exact) mass is 525 g/mol. The first-order chi connectivity index (χ1) is 18.9. The molecular weight excluding hydrogens is 501 g/mol. The number of allylic oxidation sites excluding steroid dienone is 4. The van der Waals surface area contributed by atoms with Crippen molar-refractivity contribution >= 4 is 23.7 Å². The number of imide groups is 1. The van der Waals surface area contributed by atoms with Crippen molar-refractivity contribution in [1.82, 2.24) is 20.0 Å². The van der Waals surface area contributed by atoms with E-state index in [2.05, 4.69) is 10.4 Å². The van der Waals surface area contributed by atoms with E-state index in [0.717, 1.165) is 21.9 Å². The van der Waals surface area contributed by atoms with Gasteiger partial charge in [0.05, 0.1) is 36.6 Å². The van der Waals surface area contributed by atoms with E-state index in [9.17, 15) is 18.8 Å². The highest BCUT2D eigenvalue weighted by Gasteiger charge is 2.34. The van der Waals surface area contributed by atoms with Crippen LogP contribution in [0.5, 0.6) is 0 Å². The van der Waals surface area contributed by atoms with Crippen LogP contribution in [0, 0.1) is 17.1 Å². The number of carbonyl (C=O) groups excluding carboxylic acids is 2. The van der Waals surface area contributed by atoms with E-state index in [1.165, 1.54) is 22.9 Å². The minimum absolute atomic E-state index is 0.00851. The fourth-order valence-electron chi connectivity index (χ4n) is 4.48. The predicted octanol–water partition coefficient (Wildman–Crippen LogP) is 4.04.